The molecular formula is C12H15N4O. The van der Waals surface area contributed by atoms with Crippen LogP contribution in [0.25, 0.3) is 0 Å². The molecule has 0 N–H and O–H groups in total. The first-order valence-corrected chi connectivity index (χ1v) is 5.56. The van der Waals surface area contributed by atoms with E-state index in [1.165, 1.54) is 5.56 Å². The molecule has 5 nitrogen and oxygen atoms in total. The topological polar surface area (TPSA) is 52.8 Å². The Balaban J connectivity index is 1.84. The molecule has 0 atom stereocenters. The standard InChI is InChI=1S/C12H15N4O/c1-17-10-12-13-14-15-16(12)9-5-8-11-6-3-2-4-7-11/h2-4,6-7H,1,5,8-10H2. The predicted molar refractivity (Wildman–Crippen MR) is 62.7 cm³/mol. The van der Waals surface area contributed by atoms with E-state index in [1.54, 1.807) is 4.68 Å². The quantitative estimate of drug-likeness (QED) is 0.758. The first-order chi connectivity index (χ1) is 8.40. The van der Waals surface area contributed by atoms with Gasteiger partial charge in [-0.1, -0.05) is 30.3 Å². The van der Waals surface area contributed by atoms with Crippen molar-refractivity contribution in [1.82, 2.24) is 20.2 Å². The van der Waals surface area contributed by atoms with Crippen molar-refractivity contribution in [2.45, 2.75) is 26.0 Å². The monoisotopic (exact) mass is 231 g/mol. The molecule has 17 heavy (non-hydrogen) atoms. The molecule has 0 amide bonds. The van der Waals surface area contributed by atoms with Crippen molar-refractivity contribution in [1.29, 1.82) is 0 Å². The molecule has 1 heterocycles. The highest BCUT2D eigenvalue weighted by molar-refractivity contribution is 5.14. The minimum Gasteiger partial charge on any atom is -0.371 e. The van der Waals surface area contributed by atoms with Crippen LogP contribution in [0.4, 0.5) is 0 Å². The van der Waals surface area contributed by atoms with Gasteiger partial charge in [-0.25, -0.2) is 4.68 Å². The van der Waals surface area contributed by atoms with E-state index in [-0.39, 0.29) is 0 Å². The average Bonchev–Trinajstić information content (AvgIpc) is 2.79. The number of benzene rings is 1. The Morgan fingerprint density at radius 1 is 1.24 bits per heavy atom. The minimum absolute atomic E-state index is 0.346. The maximum atomic E-state index is 4.78. The van der Waals surface area contributed by atoms with Gasteiger partial charge < -0.3 is 4.74 Å². The zero-order valence-corrected chi connectivity index (χ0v) is 9.62. The van der Waals surface area contributed by atoms with Crippen LogP contribution in [0.15, 0.2) is 30.3 Å². The van der Waals surface area contributed by atoms with E-state index in [2.05, 4.69) is 34.8 Å². The summed E-state index contributed by atoms with van der Waals surface area (Å²) < 4.78 is 6.54. The van der Waals surface area contributed by atoms with Crippen molar-refractivity contribution in [3.8, 4) is 0 Å². The molecular weight excluding hydrogens is 216 g/mol. The van der Waals surface area contributed by atoms with Crippen LogP contribution in [0, 0.1) is 7.11 Å². The lowest BCUT2D eigenvalue weighted by atomic mass is 10.1. The maximum absolute atomic E-state index is 4.78. The Morgan fingerprint density at radius 3 is 2.82 bits per heavy atom. The molecule has 89 valence electrons. The van der Waals surface area contributed by atoms with E-state index in [0.29, 0.717) is 12.4 Å². The molecule has 2 aromatic rings. The van der Waals surface area contributed by atoms with Gasteiger partial charge in [0.15, 0.2) is 5.82 Å². The fraction of sp³-hybridized carbons (Fsp3) is 0.333. The molecule has 0 unspecified atom stereocenters. The molecule has 0 aliphatic heterocycles. The third-order valence-corrected chi connectivity index (χ3v) is 2.52. The van der Waals surface area contributed by atoms with Gasteiger partial charge in [0.25, 0.3) is 0 Å². The van der Waals surface area contributed by atoms with Gasteiger partial charge in [0, 0.05) is 6.54 Å². The van der Waals surface area contributed by atoms with Crippen molar-refractivity contribution in [2.75, 3.05) is 0 Å². The van der Waals surface area contributed by atoms with Crippen molar-refractivity contribution >= 4 is 0 Å². The van der Waals surface area contributed by atoms with Gasteiger partial charge in [0.05, 0.1) is 7.11 Å². The molecule has 0 spiro atoms. The summed E-state index contributed by atoms with van der Waals surface area (Å²) in [4.78, 5) is 0. The van der Waals surface area contributed by atoms with Crippen LogP contribution in [-0.2, 0) is 24.3 Å². The van der Waals surface area contributed by atoms with Crippen molar-refractivity contribution in [3.05, 3.63) is 48.8 Å². The lowest BCUT2D eigenvalue weighted by molar-refractivity contribution is 0.214. The second-order valence-corrected chi connectivity index (χ2v) is 3.76. The molecule has 2 rings (SSSR count). The van der Waals surface area contributed by atoms with E-state index in [1.807, 2.05) is 18.2 Å². The van der Waals surface area contributed by atoms with Crippen LogP contribution in [0.1, 0.15) is 17.8 Å². The number of hydrogen-bond acceptors (Lipinski definition) is 4. The minimum atomic E-state index is 0.346. The van der Waals surface area contributed by atoms with Crippen LogP contribution in [0.2, 0.25) is 0 Å². The summed E-state index contributed by atoms with van der Waals surface area (Å²) in [7, 11) is 3.32. The molecule has 0 aliphatic carbocycles. The summed E-state index contributed by atoms with van der Waals surface area (Å²) in [5.41, 5.74) is 1.33. The first-order valence-electron chi connectivity index (χ1n) is 5.56. The largest absolute Gasteiger partial charge is 0.371 e. The van der Waals surface area contributed by atoms with Crippen molar-refractivity contribution < 1.29 is 4.74 Å². The summed E-state index contributed by atoms with van der Waals surface area (Å²) in [6, 6.07) is 10.4. The molecule has 0 saturated heterocycles. The molecule has 0 fully saturated rings. The van der Waals surface area contributed by atoms with Gasteiger partial charge in [-0.2, -0.15) is 0 Å². The van der Waals surface area contributed by atoms with E-state index in [9.17, 15) is 0 Å². The molecule has 5 heteroatoms. The summed E-state index contributed by atoms with van der Waals surface area (Å²) in [6.07, 6.45) is 2.02. The fourth-order valence-corrected chi connectivity index (χ4v) is 1.67. The van der Waals surface area contributed by atoms with E-state index in [4.69, 9.17) is 4.74 Å². The van der Waals surface area contributed by atoms with Crippen LogP contribution in [0.3, 0.4) is 0 Å². The third-order valence-electron chi connectivity index (χ3n) is 2.52. The van der Waals surface area contributed by atoms with Gasteiger partial charge in [-0.3, -0.25) is 0 Å². The zero-order chi connectivity index (χ0) is 11.9. The molecule has 0 aliphatic rings. The molecule has 0 saturated carbocycles. The molecule has 0 bridgehead atoms. The van der Waals surface area contributed by atoms with Crippen LogP contribution >= 0.6 is 0 Å². The summed E-state index contributed by atoms with van der Waals surface area (Å²) in [5.74, 6) is 0.716. The second kappa shape index (κ2) is 6.10. The summed E-state index contributed by atoms with van der Waals surface area (Å²) in [6.45, 7) is 1.14. The van der Waals surface area contributed by atoms with Gasteiger partial charge >= 0.3 is 0 Å². The van der Waals surface area contributed by atoms with Crippen molar-refractivity contribution in [3.63, 3.8) is 0 Å². The maximum Gasteiger partial charge on any atom is 0.177 e. The average molecular weight is 231 g/mol. The number of tetrazole rings is 1. The third kappa shape index (κ3) is 3.35. The van der Waals surface area contributed by atoms with Crippen molar-refractivity contribution in [2.24, 2.45) is 0 Å². The molecule has 1 aromatic heterocycles. The SMILES string of the molecule is [CH2]OCc1nnnn1CCCc1ccccc1. The smallest absolute Gasteiger partial charge is 0.177 e. The highest BCUT2D eigenvalue weighted by Gasteiger charge is 2.04. The Labute approximate surface area is 100 Å². The van der Waals surface area contributed by atoms with E-state index >= 15 is 0 Å². The van der Waals surface area contributed by atoms with Crippen LogP contribution in [0.5, 0.6) is 0 Å². The Hall–Kier alpha value is -1.75. The number of nitrogens with zero attached hydrogens (tertiary/aromatic N) is 4. The predicted octanol–water partition coefficient (Wildman–Crippen LogP) is 1.61. The number of hydrogen-bond donors (Lipinski definition) is 0. The highest BCUT2D eigenvalue weighted by atomic mass is 16.5. The van der Waals surface area contributed by atoms with Crippen LogP contribution < -0.4 is 0 Å². The van der Waals surface area contributed by atoms with Crippen LogP contribution in [-0.4, -0.2) is 20.2 Å². The Bertz CT molecular complexity index is 441. The lowest BCUT2D eigenvalue weighted by Crippen LogP contribution is -2.07. The Morgan fingerprint density at radius 2 is 2.06 bits per heavy atom. The lowest BCUT2D eigenvalue weighted by Gasteiger charge is -2.04. The second-order valence-electron chi connectivity index (χ2n) is 3.76. The fourth-order valence-electron chi connectivity index (χ4n) is 1.67. The van der Waals surface area contributed by atoms with E-state index in [0.717, 1.165) is 19.4 Å². The number of aryl methyl sites for hydroxylation is 2. The van der Waals surface area contributed by atoms with Gasteiger partial charge in [0.1, 0.15) is 6.61 Å². The summed E-state index contributed by atoms with van der Waals surface area (Å²) in [5, 5.41) is 11.4. The molecule has 1 radical (unpaired) electrons. The normalized spacial score (nSPS) is 10.6. The number of ether oxygens (including phenoxy) is 1. The van der Waals surface area contributed by atoms with Gasteiger partial charge in [-0.15, -0.1) is 5.10 Å². The first kappa shape index (κ1) is 11.7. The summed E-state index contributed by atoms with van der Waals surface area (Å²) >= 11 is 0. The molecule has 1 aromatic carbocycles. The van der Waals surface area contributed by atoms with Gasteiger partial charge in [-0.05, 0) is 28.8 Å². The zero-order valence-electron chi connectivity index (χ0n) is 9.62. The Kier molecular flexibility index (Phi) is 4.21. The van der Waals surface area contributed by atoms with Gasteiger partial charge in [0.2, 0.25) is 0 Å². The van der Waals surface area contributed by atoms with E-state index < -0.39 is 0 Å². The highest BCUT2D eigenvalue weighted by Crippen LogP contribution is 2.04. The number of rotatable bonds is 6. The number of aromatic nitrogens is 4.